The first-order chi connectivity index (χ1) is 9.84. The number of aryl methyl sites for hydroxylation is 1. The minimum absolute atomic E-state index is 0. The van der Waals surface area contributed by atoms with E-state index in [2.05, 4.69) is 17.0 Å². The number of hydrogen-bond donors (Lipinski definition) is 0. The van der Waals surface area contributed by atoms with Crippen LogP contribution in [0.3, 0.4) is 0 Å². The number of hydrogen-bond acceptors (Lipinski definition) is 2. The zero-order valence-corrected chi connectivity index (χ0v) is 14.3. The summed E-state index contributed by atoms with van der Waals surface area (Å²) in [4.78, 5) is 2.57. The maximum atomic E-state index is 5.87. The van der Waals surface area contributed by atoms with Gasteiger partial charge in [0, 0.05) is 24.8 Å². The molecule has 0 aromatic heterocycles. The monoisotopic (exact) mass is 347 g/mol. The largest absolute Gasteiger partial charge is 0.381 e. The molecule has 1 aliphatic heterocycles. The Bertz CT molecular complexity index is 364. The molecular weight excluding hydrogens is 317 g/mol. The summed E-state index contributed by atoms with van der Waals surface area (Å²) in [6, 6.07) is 8.10. The van der Waals surface area contributed by atoms with Crippen molar-refractivity contribution in [3.8, 4) is 0 Å². The van der Waals surface area contributed by atoms with Crippen molar-refractivity contribution in [1.82, 2.24) is 4.90 Å². The Morgan fingerprint density at radius 1 is 0.955 bits per heavy atom. The fraction of sp³-hybridized carbons (Fsp3) is 0.667. The number of benzene rings is 1. The highest BCUT2D eigenvalue weighted by molar-refractivity contribution is 6.30. The Balaban J connectivity index is 0.00000220. The molecule has 0 unspecified atom stereocenters. The lowest BCUT2D eigenvalue weighted by Crippen LogP contribution is -2.31. The lowest BCUT2D eigenvalue weighted by Gasteiger charge is -2.26. The van der Waals surface area contributed by atoms with E-state index in [1.807, 2.05) is 12.1 Å². The molecule has 0 saturated carbocycles. The predicted molar refractivity (Wildman–Crippen MR) is 99.5 cm³/mol. The van der Waals surface area contributed by atoms with Crippen LogP contribution in [0.4, 0.5) is 0 Å². The molecule has 0 aliphatic carbocycles. The molecule has 2 nitrogen and oxygen atoms in total. The summed E-state index contributed by atoms with van der Waals surface area (Å²) in [5, 5.41) is 0.808. The zero-order chi connectivity index (χ0) is 14.0. The van der Waals surface area contributed by atoms with Crippen molar-refractivity contribution in [2.45, 2.75) is 46.0 Å². The lowest BCUT2D eigenvalue weighted by molar-refractivity contribution is 0.115. The van der Waals surface area contributed by atoms with E-state index >= 15 is 0 Å². The molecule has 128 valence electrons. The van der Waals surface area contributed by atoms with Gasteiger partial charge in [0.2, 0.25) is 0 Å². The molecule has 0 radical (unpaired) electrons. The predicted octanol–water partition coefficient (Wildman–Crippen LogP) is 5.22. The number of piperidine rings is 1. The molecule has 0 spiro atoms. The van der Waals surface area contributed by atoms with Gasteiger partial charge < -0.3 is 9.64 Å². The highest BCUT2D eigenvalue weighted by Crippen LogP contribution is 2.11. The second-order valence-electron chi connectivity index (χ2n) is 5.60. The molecule has 1 heterocycles. The third-order valence-corrected chi connectivity index (χ3v) is 4.13. The number of halogens is 2. The molecular formula is C18H31Cl2NO. The Morgan fingerprint density at radius 2 is 1.59 bits per heavy atom. The van der Waals surface area contributed by atoms with Crippen LogP contribution in [0.1, 0.15) is 45.1 Å². The summed E-state index contributed by atoms with van der Waals surface area (Å²) in [5.74, 6) is 0. The van der Waals surface area contributed by atoms with Crippen LogP contribution in [0.2, 0.25) is 5.02 Å². The number of nitrogens with zero attached hydrogens (tertiary/aromatic N) is 1. The van der Waals surface area contributed by atoms with Gasteiger partial charge in [-0.3, -0.25) is 0 Å². The quantitative estimate of drug-likeness (QED) is 0.597. The van der Waals surface area contributed by atoms with E-state index in [0.717, 1.165) is 31.1 Å². The second kappa shape index (κ2) is 13.2. The number of rotatable bonds is 8. The van der Waals surface area contributed by atoms with Crippen molar-refractivity contribution in [3.05, 3.63) is 34.9 Å². The van der Waals surface area contributed by atoms with Crippen LogP contribution >= 0.6 is 24.0 Å². The average molecular weight is 348 g/mol. The highest BCUT2D eigenvalue weighted by atomic mass is 35.5. The molecule has 2 rings (SSSR count). The van der Waals surface area contributed by atoms with E-state index in [9.17, 15) is 0 Å². The second-order valence-corrected chi connectivity index (χ2v) is 6.03. The van der Waals surface area contributed by atoms with Gasteiger partial charge >= 0.3 is 0 Å². The first-order valence-electron chi connectivity index (χ1n) is 7.89. The van der Waals surface area contributed by atoms with E-state index in [4.69, 9.17) is 16.3 Å². The molecule has 1 aliphatic rings. The van der Waals surface area contributed by atoms with Crippen LogP contribution in [0.5, 0.6) is 0 Å². The third kappa shape index (κ3) is 8.99. The lowest BCUT2D eigenvalue weighted by atomic mass is 10.1. The third-order valence-electron chi connectivity index (χ3n) is 3.88. The minimum atomic E-state index is 0. The topological polar surface area (TPSA) is 12.5 Å². The van der Waals surface area contributed by atoms with Gasteiger partial charge in [0.25, 0.3) is 0 Å². The molecule has 1 aromatic rings. The Kier molecular flexibility index (Phi) is 13.0. The summed E-state index contributed by atoms with van der Waals surface area (Å²) < 4.78 is 5.72. The van der Waals surface area contributed by atoms with Crippen LogP contribution in [-0.2, 0) is 11.2 Å². The van der Waals surface area contributed by atoms with Crippen LogP contribution in [0.25, 0.3) is 0 Å². The maximum Gasteiger partial charge on any atom is 0.0478 e. The first-order valence-corrected chi connectivity index (χ1v) is 8.27. The molecule has 1 fully saturated rings. The zero-order valence-electron chi connectivity index (χ0n) is 12.7. The summed E-state index contributed by atoms with van der Waals surface area (Å²) in [5.41, 5.74) is 1.34. The van der Waals surface area contributed by atoms with Crippen LogP contribution in [0.15, 0.2) is 24.3 Å². The van der Waals surface area contributed by atoms with E-state index in [0.29, 0.717) is 0 Å². The van der Waals surface area contributed by atoms with Crippen LogP contribution in [-0.4, -0.2) is 37.7 Å². The van der Waals surface area contributed by atoms with Gasteiger partial charge in [-0.15, -0.1) is 12.4 Å². The first kappa shape index (κ1) is 21.7. The minimum Gasteiger partial charge on any atom is -0.381 e. The van der Waals surface area contributed by atoms with Crippen molar-refractivity contribution >= 4 is 24.0 Å². The average Bonchev–Trinajstić information content (AvgIpc) is 2.49. The molecule has 0 N–H and O–H groups in total. The van der Waals surface area contributed by atoms with Gasteiger partial charge in [-0.25, -0.2) is 0 Å². The number of ether oxygens (including phenoxy) is 1. The van der Waals surface area contributed by atoms with Crippen molar-refractivity contribution in [3.63, 3.8) is 0 Å². The summed E-state index contributed by atoms with van der Waals surface area (Å²) >= 11 is 5.87. The summed E-state index contributed by atoms with van der Waals surface area (Å²) in [7, 11) is 0. The van der Waals surface area contributed by atoms with Crippen LogP contribution < -0.4 is 0 Å². The molecule has 1 saturated heterocycles. The van der Waals surface area contributed by atoms with Gasteiger partial charge in [-0.2, -0.15) is 0 Å². The number of likely N-dealkylation sites (tertiary alicyclic amines) is 1. The smallest absolute Gasteiger partial charge is 0.0478 e. The van der Waals surface area contributed by atoms with Crippen molar-refractivity contribution in [2.75, 3.05) is 32.8 Å². The fourth-order valence-electron chi connectivity index (χ4n) is 2.70. The SMILES string of the molecule is C.Cl.Clc1ccc(CCCOCCCN2CCCCC2)cc1. The molecule has 0 amide bonds. The standard InChI is InChI=1S/C17H26ClNO.CH4.ClH/c18-17-9-7-16(8-10-17)6-4-14-20-15-5-13-19-11-2-1-3-12-19;;/h7-10H,1-6,11-15H2;1H4;1H. The Labute approximate surface area is 147 Å². The normalized spacial score (nSPS) is 15.0. The van der Waals surface area contributed by atoms with Crippen molar-refractivity contribution in [2.24, 2.45) is 0 Å². The fourth-order valence-corrected chi connectivity index (χ4v) is 2.83. The maximum absolute atomic E-state index is 5.87. The van der Waals surface area contributed by atoms with E-state index in [1.165, 1.54) is 50.9 Å². The van der Waals surface area contributed by atoms with Gasteiger partial charge in [0.15, 0.2) is 0 Å². The molecule has 4 heteroatoms. The Hall–Kier alpha value is -0.280. The Morgan fingerprint density at radius 3 is 2.27 bits per heavy atom. The van der Waals surface area contributed by atoms with Crippen molar-refractivity contribution < 1.29 is 4.74 Å². The van der Waals surface area contributed by atoms with Gasteiger partial charge in [0.1, 0.15) is 0 Å². The molecule has 0 atom stereocenters. The summed E-state index contributed by atoms with van der Waals surface area (Å²) in [6.07, 6.45) is 7.50. The molecule has 1 aromatic carbocycles. The van der Waals surface area contributed by atoms with Gasteiger partial charge in [-0.1, -0.05) is 37.6 Å². The summed E-state index contributed by atoms with van der Waals surface area (Å²) in [6.45, 7) is 5.55. The van der Waals surface area contributed by atoms with E-state index in [1.54, 1.807) is 0 Å². The molecule has 22 heavy (non-hydrogen) atoms. The molecule has 0 bridgehead atoms. The van der Waals surface area contributed by atoms with Gasteiger partial charge in [-0.05, 0) is 62.9 Å². The van der Waals surface area contributed by atoms with Crippen LogP contribution in [0, 0.1) is 0 Å². The van der Waals surface area contributed by atoms with Gasteiger partial charge in [0.05, 0.1) is 0 Å². The van der Waals surface area contributed by atoms with E-state index < -0.39 is 0 Å². The van der Waals surface area contributed by atoms with E-state index in [-0.39, 0.29) is 19.8 Å². The highest BCUT2D eigenvalue weighted by Gasteiger charge is 2.08. The van der Waals surface area contributed by atoms with Crippen molar-refractivity contribution in [1.29, 1.82) is 0 Å².